The predicted octanol–water partition coefficient (Wildman–Crippen LogP) is 4.97. The highest BCUT2D eigenvalue weighted by molar-refractivity contribution is 6.33. The lowest BCUT2D eigenvalue weighted by Crippen LogP contribution is -1.98. The normalized spacial score (nSPS) is 10.9. The number of nitrogens with zero attached hydrogens (tertiary/aromatic N) is 1. The van der Waals surface area contributed by atoms with Crippen molar-refractivity contribution in [1.29, 1.82) is 0 Å². The third kappa shape index (κ3) is 4.68. The van der Waals surface area contributed by atoms with E-state index in [1.807, 2.05) is 24.3 Å². The summed E-state index contributed by atoms with van der Waals surface area (Å²) in [5.74, 6) is 0.162. The van der Waals surface area contributed by atoms with Gasteiger partial charge in [0, 0.05) is 6.21 Å². The third-order valence-corrected chi connectivity index (χ3v) is 3.95. The summed E-state index contributed by atoms with van der Waals surface area (Å²) in [6.07, 6.45) is 1.68. The molecule has 0 bridgehead atoms. The zero-order valence-corrected chi connectivity index (χ0v) is 15.1. The molecule has 2 aromatic carbocycles. The van der Waals surface area contributed by atoms with Gasteiger partial charge in [0.15, 0.2) is 11.5 Å². The van der Waals surface area contributed by atoms with Gasteiger partial charge in [-0.1, -0.05) is 23.7 Å². The minimum absolute atomic E-state index is 0.0801. The Balaban J connectivity index is 1.72. The number of methoxy groups -OCH3 is 1. The van der Waals surface area contributed by atoms with Crippen LogP contribution < -0.4 is 9.47 Å². The molecule has 0 amide bonds. The Morgan fingerprint density at radius 3 is 2.70 bits per heavy atom. The zero-order valence-electron chi connectivity index (χ0n) is 14.4. The molecule has 1 heterocycles. The van der Waals surface area contributed by atoms with Crippen molar-refractivity contribution < 1.29 is 23.8 Å². The van der Waals surface area contributed by atoms with Gasteiger partial charge in [-0.3, -0.25) is 4.99 Å². The average Bonchev–Trinajstić information content (AvgIpc) is 3.15. The molecule has 27 heavy (non-hydrogen) atoms. The van der Waals surface area contributed by atoms with E-state index in [-0.39, 0.29) is 12.4 Å². The maximum Gasteiger partial charge on any atom is 0.371 e. The molecule has 6 nitrogen and oxygen atoms in total. The Hall–Kier alpha value is -3.25. The van der Waals surface area contributed by atoms with Gasteiger partial charge in [0.05, 0.1) is 17.8 Å². The molecule has 3 rings (SSSR count). The van der Waals surface area contributed by atoms with Crippen LogP contribution >= 0.6 is 11.6 Å². The number of furan rings is 1. The maximum absolute atomic E-state index is 10.8. The zero-order chi connectivity index (χ0) is 19.2. The van der Waals surface area contributed by atoms with Gasteiger partial charge >= 0.3 is 5.97 Å². The van der Waals surface area contributed by atoms with Crippen molar-refractivity contribution in [3.63, 3.8) is 0 Å². The van der Waals surface area contributed by atoms with Gasteiger partial charge < -0.3 is 19.0 Å². The van der Waals surface area contributed by atoms with Gasteiger partial charge in [-0.2, -0.15) is 0 Å². The topological polar surface area (TPSA) is 81.3 Å². The largest absolute Gasteiger partial charge is 0.493 e. The molecule has 0 unspecified atom stereocenters. The summed E-state index contributed by atoms with van der Waals surface area (Å²) in [5.41, 5.74) is 1.48. The molecule has 0 saturated heterocycles. The number of carboxylic acid groups (broad SMARTS) is 1. The van der Waals surface area contributed by atoms with Crippen molar-refractivity contribution in [3.8, 4) is 11.5 Å². The summed E-state index contributed by atoms with van der Waals surface area (Å²) in [6.45, 7) is 0.0801. The fourth-order valence-corrected chi connectivity index (χ4v) is 2.49. The van der Waals surface area contributed by atoms with Crippen molar-refractivity contribution >= 4 is 29.5 Å². The van der Waals surface area contributed by atoms with E-state index in [4.69, 9.17) is 30.6 Å². The second-order valence-electron chi connectivity index (χ2n) is 5.48. The molecule has 138 valence electrons. The van der Waals surface area contributed by atoms with Crippen LogP contribution in [0.15, 0.2) is 64.0 Å². The SMILES string of the molecule is COc1cc(C=Nc2ccccc2Cl)ccc1OCc1ccc(C(=O)O)o1. The van der Waals surface area contributed by atoms with E-state index in [9.17, 15) is 4.79 Å². The molecular weight excluding hydrogens is 370 g/mol. The first-order valence-electron chi connectivity index (χ1n) is 7.98. The van der Waals surface area contributed by atoms with E-state index in [0.717, 1.165) is 5.56 Å². The van der Waals surface area contributed by atoms with Crippen LogP contribution in [0, 0.1) is 0 Å². The van der Waals surface area contributed by atoms with Gasteiger partial charge in [0.25, 0.3) is 0 Å². The summed E-state index contributed by atoms with van der Waals surface area (Å²) in [5, 5.41) is 9.44. The first kappa shape index (κ1) is 18.5. The second-order valence-corrected chi connectivity index (χ2v) is 5.89. The number of ether oxygens (including phenoxy) is 2. The summed E-state index contributed by atoms with van der Waals surface area (Å²) in [4.78, 5) is 15.2. The summed E-state index contributed by atoms with van der Waals surface area (Å²) >= 11 is 6.09. The van der Waals surface area contributed by atoms with Crippen molar-refractivity contribution in [1.82, 2.24) is 0 Å². The van der Waals surface area contributed by atoms with Gasteiger partial charge in [0.1, 0.15) is 12.4 Å². The second kappa shape index (κ2) is 8.42. The monoisotopic (exact) mass is 385 g/mol. The summed E-state index contributed by atoms with van der Waals surface area (Å²) in [6, 6.07) is 15.6. The van der Waals surface area contributed by atoms with Crippen LogP contribution in [0.25, 0.3) is 0 Å². The van der Waals surface area contributed by atoms with E-state index in [1.165, 1.54) is 13.2 Å². The van der Waals surface area contributed by atoms with Crippen LogP contribution in [0.3, 0.4) is 0 Å². The Morgan fingerprint density at radius 2 is 2.00 bits per heavy atom. The van der Waals surface area contributed by atoms with Gasteiger partial charge in [-0.05, 0) is 48.0 Å². The van der Waals surface area contributed by atoms with Crippen LogP contribution in [0.4, 0.5) is 5.69 Å². The number of hydrogen-bond acceptors (Lipinski definition) is 5. The summed E-state index contributed by atoms with van der Waals surface area (Å²) in [7, 11) is 1.53. The van der Waals surface area contributed by atoms with Gasteiger partial charge in [0.2, 0.25) is 5.76 Å². The third-order valence-electron chi connectivity index (χ3n) is 3.64. The number of aliphatic imine (C=N–C) groups is 1. The molecule has 0 aliphatic rings. The fraction of sp³-hybridized carbons (Fsp3) is 0.100. The van der Waals surface area contributed by atoms with Crippen LogP contribution in [0.2, 0.25) is 5.02 Å². The average molecular weight is 386 g/mol. The number of aromatic carboxylic acids is 1. The molecule has 1 aromatic heterocycles. The molecule has 0 spiro atoms. The molecule has 3 aromatic rings. The van der Waals surface area contributed by atoms with Crippen LogP contribution in [0.1, 0.15) is 21.9 Å². The first-order chi connectivity index (χ1) is 13.1. The molecule has 0 saturated carbocycles. The highest BCUT2D eigenvalue weighted by atomic mass is 35.5. The number of para-hydroxylation sites is 1. The van der Waals surface area contributed by atoms with E-state index in [2.05, 4.69) is 4.99 Å². The minimum atomic E-state index is -1.12. The predicted molar refractivity (Wildman–Crippen MR) is 102 cm³/mol. The number of rotatable bonds is 7. The number of carbonyl (C=O) groups is 1. The molecule has 0 aliphatic heterocycles. The van der Waals surface area contributed by atoms with E-state index in [1.54, 1.807) is 30.5 Å². The van der Waals surface area contributed by atoms with Crippen LogP contribution in [-0.4, -0.2) is 24.4 Å². The Labute approximate surface area is 160 Å². The first-order valence-corrected chi connectivity index (χ1v) is 8.36. The van der Waals surface area contributed by atoms with E-state index < -0.39 is 5.97 Å². The molecule has 0 aliphatic carbocycles. The van der Waals surface area contributed by atoms with E-state index >= 15 is 0 Å². The fourth-order valence-electron chi connectivity index (χ4n) is 2.30. The van der Waals surface area contributed by atoms with Gasteiger partial charge in [-0.15, -0.1) is 0 Å². The van der Waals surface area contributed by atoms with Crippen LogP contribution in [0.5, 0.6) is 11.5 Å². The highest BCUT2D eigenvalue weighted by Gasteiger charge is 2.11. The van der Waals surface area contributed by atoms with Crippen LogP contribution in [-0.2, 0) is 6.61 Å². The van der Waals surface area contributed by atoms with Crippen molar-refractivity contribution in [2.45, 2.75) is 6.61 Å². The maximum atomic E-state index is 10.8. The number of carboxylic acids is 1. The van der Waals surface area contributed by atoms with Crippen molar-refractivity contribution in [2.24, 2.45) is 4.99 Å². The Morgan fingerprint density at radius 1 is 1.19 bits per heavy atom. The molecule has 0 fully saturated rings. The lowest BCUT2D eigenvalue weighted by molar-refractivity contribution is 0.0658. The summed E-state index contributed by atoms with van der Waals surface area (Å²) < 4.78 is 16.2. The lowest BCUT2D eigenvalue weighted by atomic mass is 10.2. The molecule has 1 N–H and O–H groups in total. The highest BCUT2D eigenvalue weighted by Crippen LogP contribution is 2.29. The number of halogens is 1. The standard InChI is InChI=1S/C20H16ClNO5/c1-25-19-10-13(11-22-16-5-3-2-4-15(16)21)6-8-17(19)26-12-14-7-9-18(27-14)20(23)24/h2-11H,12H2,1H3,(H,23,24). The Bertz CT molecular complexity index is 980. The molecule has 0 radical (unpaired) electrons. The van der Waals surface area contributed by atoms with Crippen molar-refractivity contribution in [3.05, 3.63) is 76.7 Å². The molecule has 0 atom stereocenters. The number of hydrogen-bond donors (Lipinski definition) is 1. The lowest BCUT2D eigenvalue weighted by Gasteiger charge is -2.10. The Kier molecular flexibility index (Phi) is 5.78. The minimum Gasteiger partial charge on any atom is -0.493 e. The molecule has 7 heteroatoms. The smallest absolute Gasteiger partial charge is 0.371 e. The van der Waals surface area contributed by atoms with Gasteiger partial charge in [-0.25, -0.2) is 4.79 Å². The van der Waals surface area contributed by atoms with E-state index in [0.29, 0.717) is 28.0 Å². The quantitative estimate of drug-likeness (QED) is 0.581. The van der Waals surface area contributed by atoms with Crippen molar-refractivity contribution in [2.75, 3.05) is 7.11 Å². The molecular formula is C20H16ClNO5. The number of benzene rings is 2.